The van der Waals surface area contributed by atoms with Crippen molar-refractivity contribution in [3.63, 3.8) is 0 Å². The molecule has 0 saturated heterocycles. The number of carbonyl (C=O) groups excluding carboxylic acids is 1. The second-order valence-corrected chi connectivity index (χ2v) is 3.85. The summed E-state index contributed by atoms with van der Waals surface area (Å²) in [5.74, 6) is -1.28. The van der Waals surface area contributed by atoms with Gasteiger partial charge in [0.2, 0.25) is 5.91 Å². The van der Waals surface area contributed by atoms with E-state index in [0.29, 0.717) is 5.69 Å². The SMILES string of the molecule is O=C(O)CCC(=O)Nc1ccc2ncccc2c1. The average molecular weight is 244 g/mol. The molecular formula is C13H12N2O3. The van der Waals surface area contributed by atoms with Gasteiger partial charge in [0, 0.05) is 23.7 Å². The topological polar surface area (TPSA) is 79.3 Å². The molecule has 0 saturated carbocycles. The minimum Gasteiger partial charge on any atom is -0.481 e. The standard InChI is InChI=1S/C13H12N2O3/c16-12(5-6-13(17)18)15-10-3-4-11-9(8-10)2-1-7-14-11/h1-4,7-8H,5-6H2,(H,15,16)(H,17,18). The van der Waals surface area contributed by atoms with Crippen LogP contribution in [0, 0.1) is 0 Å². The number of aliphatic carboxylic acids is 1. The van der Waals surface area contributed by atoms with Crippen molar-refractivity contribution in [1.82, 2.24) is 4.98 Å². The van der Waals surface area contributed by atoms with E-state index in [1.165, 1.54) is 0 Å². The third-order valence-electron chi connectivity index (χ3n) is 2.45. The van der Waals surface area contributed by atoms with Crippen molar-refractivity contribution in [2.45, 2.75) is 12.8 Å². The number of anilines is 1. The van der Waals surface area contributed by atoms with E-state index in [4.69, 9.17) is 5.11 Å². The second-order valence-electron chi connectivity index (χ2n) is 3.85. The van der Waals surface area contributed by atoms with Gasteiger partial charge in [-0.1, -0.05) is 6.07 Å². The molecule has 1 aromatic heterocycles. The van der Waals surface area contributed by atoms with Gasteiger partial charge in [-0.25, -0.2) is 0 Å². The van der Waals surface area contributed by atoms with Crippen LogP contribution in [0.25, 0.3) is 10.9 Å². The summed E-state index contributed by atoms with van der Waals surface area (Å²) in [6.07, 6.45) is 1.51. The molecule has 0 atom stereocenters. The summed E-state index contributed by atoms with van der Waals surface area (Å²) in [7, 11) is 0. The van der Waals surface area contributed by atoms with Crippen molar-refractivity contribution in [3.8, 4) is 0 Å². The van der Waals surface area contributed by atoms with Gasteiger partial charge in [0.05, 0.1) is 11.9 Å². The predicted molar refractivity (Wildman–Crippen MR) is 67.2 cm³/mol. The van der Waals surface area contributed by atoms with E-state index in [9.17, 15) is 9.59 Å². The Morgan fingerprint density at radius 2 is 2.06 bits per heavy atom. The number of amides is 1. The van der Waals surface area contributed by atoms with Crippen molar-refractivity contribution in [2.75, 3.05) is 5.32 Å². The molecule has 0 aliphatic carbocycles. The van der Waals surface area contributed by atoms with Crippen LogP contribution in [0.5, 0.6) is 0 Å². The Morgan fingerprint density at radius 3 is 2.83 bits per heavy atom. The molecule has 1 aromatic carbocycles. The van der Waals surface area contributed by atoms with Crippen LogP contribution in [0.15, 0.2) is 36.5 Å². The van der Waals surface area contributed by atoms with Gasteiger partial charge in [-0.3, -0.25) is 14.6 Å². The van der Waals surface area contributed by atoms with Crippen LogP contribution in [0.1, 0.15) is 12.8 Å². The van der Waals surface area contributed by atoms with Gasteiger partial charge in [-0.15, -0.1) is 0 Å². The van der Waals surface area contributed by atoms with Gasteiger partial charge < -0.3 is 10.4 Å². The fourth-order valence-electron chi connectivity index (χ4n) is 1.60. The first-order valence-electron chi connectivity index (χ1n) is 5.51. The number of nitrogens with one attached hydrogen (secondary N) is 1. The van der Waals surface area contributed by atoms with Crippen molar-refractivity contribution in [2.24, 2.45) is 0 Å². The Hall–Kier alpha value is -2.43. The summed E-state index contributed by atoms with van der Waals surface area (Å²) < 4.78 is 0. The Kier molecular flexibility index (Phi) is 3.52. The molecule has 2 rings (SSSR count). The van der Waals surface area contributed by atoms with Crippen LogP contribution >= 0.6 is 0 Å². The molecule has 0 spiro atoms. The Balaban J connectivity index is 2.07. The van der Waals surface area contributed by atoms with E-state index < -0.39 is 5.97 Å². The molecule has 0 aliphatic heterocycles. The van der Waals surface area contributed by atoms with E-state index >= 15 is 0 Å². The number of fused-ring (bicyclic) bond motifs is 1. The highest BCUT2D eigenvalue weighted by atomic mass is 16.4. The van der Waals surface area contributed by atoms with Crippen LogP contribution < -0.4 is 5.32 Å². The van der Waals surface area contributed by atoms with Crippen molar-refractivity contribution in [3.05, 3.63) is 36.5 Å². The van der Waals surface area contributed by atoms with Crippen LogP contribution in [0.4, 0.5) is 5.69 Å². The van der Waals surface area contributed by atoms with Crippen LogP contribution in [0.2, 0.25) is 0 Å². The number of hydrogen-bond donors (Lipinski definition) is 2. The Labute approximate surface area is 103 Å². The van der Waals surface area contributed by atoms with Gasteiger partial charge in [0.25, 0.3) is 0 Å². The molecule has 18 heavy (non-hydrogen) atoms. The van der Waals surface area contributed by atoms with E-state index in [2.05, 4.69) is 10.3 Å². The normalized spacial score (nSPS) is 10.2. The number of nitrogens with zero attached hydrogens (tertiary/aromatic N) is 1. The summed E-state index contributed by atoms with van der Waals surface area (Å²) in [4.78, 5) is 26.0. The van der Waals surface area contributed by atoms with E-state index in [-0.39, 0.29) is 18.7 Å². The minimum atomic E-state index is -0.979. The number of carboxylic acid groups (broad SMARTS) is 1. The number of benzene rings is 1. The van der Waals surface area contributed by atoms with Gasteiger partial charge in [-0.05, 0) is 24.3 Å². The first-order chi connectivity index (χ1) is 8.65. The molecule has 0 fully saturated rings. The highest BCUT2D eigenvalue weighted by molar-refractivity contribution is 5.94. The first kappa shape index (κ1) is 12.0. The van der Waals surface area contributed by atoms with E-state index in [0.717, 1.165) is 10.9 Å². The lowest BCUT2D eigenvalue weighted by Crippen LogP contribution is -2.13. The lowest BCUT2D eigenvalue weighted by molar-refractivity contribution is -0.138. The van der Waals surface area contributed by atoms with Crippen LogP contribution in [-0.4, -0.2) is 22.0 Å². The van der Waals surface area contributed by atoms with Gasteiger partial charge >= 0.3 is 5.97 Å². The summed E-state index contributed by atoms with van der Waals surface area (Å²) in [6, 6.07) is 9.07. The zero-order valence-electron chi connectivity index (χ0n) is 9.59. The average Bonchev–Trinajstić information content (AvgIpc) is 2.36. The maximum atomic E-state index is 11.5. The fourth-order valence-corrected chi connectivity index (χ4v) is 1.60. The third-order valence-corrected chi connectivity index (χ3v) is 2.45. The van der Waals surface area contributed by atoms with Crippen LogP contribution in [-0.2, 0) is 9.59 Å². The smallest absolute Gasteiger partial charge is 0.303 e. The summed E-state index contributed by atoms with van der Waals surface area (Å²) in [5, 5.41) is 12.1. The molecule has 92 valence electrons. The van der Waals surface area contributed by atoms with Gasteiger partial charge in [-0.2, -0.15) is 0 Å². The molecule has 0 unspecified atom stereocenters. The molecule has 1 heterocycles. The van der Waals surface area contributed by atoms with Crippen molar-refractivity contribution >= 4 is 28.5 Å². The summed E-state index contributed by atoms with van der Waals surface area (Å²) in [6.45, 7) is 0. The molecule has 0 aliphatic rings. The highest BCUT2D eigenvalue weighted by Crippen LogP contribution is 2.17. The number of carboxylic acids is 1. The van der Waals surface area contributed by atoms with Crippen LogP contribution in [0.3, 0.4) is 0 Å². The maximum Gasteiger partial charge on any atom is 0.303 e. The molecule has 5 nitrogen and oxygen atoms in total. The van der Waals surface area contributed by atoms with Crippen molar-refractivity contribution in [1.29, 1.82) is 0 Å². The maximum absolute atomic E-state index is 11.5. The minimum absolute atomic E-state index is 0.0274. The largest absolute Gasteiger partial charge is 0.481 e. The zero-order valence-corrected chi connectivity index (χ0v) is 9.59. The quantitative estimate of drug-likeness (QED) is 0.862. The first-order valence-corrected chi connectivity index (χ1v) is 5.51. The third kappa shape index (κ3) is 3.04. The number of aromatic nitrogens is 1. The molecule has 1 amide bonds. The lowest BCUT2D eigenvalue weighted by Gasteiger charge is -2.05. The number of rotatable bonds is 4. The lowest BCUT2D eigenvalue weighted by atomic mass is 10.2. The van der Waals surface area contributed by atoms with E-state index in [1.807, 2.05) is 18.2 Å². The van der Waals surface area contributed by atoms with Gasteiger partial charge in [0.1, 0.15) is 0 Å². The number of pyridine rings is 1. The monoisotopic (exact) mass is 244 g/mol. The van der Waals surface area contributed by atoms with Crippen molar-refractivity contribution < 1.29 is 14.7 Å². The number of carbonyl (C=O) groups is 2. The second kappa shape index (κ2) is 5.27. The fraction of sp³-hybridized carbons (Fsp3) is 0.154. The zero-order chi connectivity index (χ0) is 13.0. The molecular weight excluding hydrogens is 232 g/mol. The Morgan fingerprint density at radius 1 is 1.22 bits per heavy atom. The summed E-state index contributed by atoms with van der Waals surface area (Å²) in [5.41, 5.74) is 1.49. The van der Waals surface area contributed by atoms with Gasteiger partial charge in [0.15, 0.2) is 0 Å². The Bertz CT molecular complexity index is 596. The molecule has 2 N–H and O–H groups in total. The van der Waals surface area contributed by atoms with E-state index in [1.54, 1.807) is 18.3 Å². The highest BCUT2D eigenvalue weighted by Gasteiger charge is 2.06. The molecule has 5 heteroatoms. The molecule has 0 bridgehead atoms. The predicted octanol–water partition coefficient (Wildman–Crippen LogP) is 2.04. The summed E-state index contributed by atoms with van der Waals surface area (Å²) >= 11 is 0. The number of hydrogen-bond acceptors (Lipinski definition) is 3. The molecule has 2 aromatic rings. The molecule has 0 radical (unpaired) electrons.